The number of hydrogen-bond donors (Lipinski definition) is 0. The Bertz CT molecular complexity index is 1030. The second-order valence-electron chi connectivity index (χ2n) is 12.4. The number of rotatable bonds is 11. The fourth-order valence-corrected chi connectivity index (χ4v) is 6.49. The van der Waals surface area contributed by atoms with Crippen LogP contribution in [0.1, 0.15) is 38.8 Å². The molecule has 2 fully saturated rings. The number of hydrogen-bond acceptors (Lipinski definition) is 5. The molecule has 6 nitrogen and oxygen atoms in total. The molecule has 38 heavy (non-hydrogen) atoms. The molecule has 208 valence electrons. The van der Waals surface area contributed by atoms with E-state index in [2.05, 4.69) is 65.1 Å². The first-order chi connectivity index (χ1) is 18.1. The SMILES string of the molecule is C[C@@H]1[C@H](CO[Si](C)(C)C(C)(C)C)[C@H](COCc2ccccc2)[C@H](COCc2ccccc2)[C@@H]2COC(=O)N12. The highest BCUT2D eigenvalue weighted by atomic mass is 28.4. The van der Waals surface area contributed by atoms with E-state index in [0.29, 0.717) is 39.6 Å². The second-order valence-corrected chi connectivity index (χ2v) is 17.2. The third kappa shape index (κ3) is 6.68. The first-order valence-corrected chi connectivity index (χ1v) is 16.8. The molecule has 2 saturated heterocycles. The maximum Gasteiger partial charge on any atom is 0.410 e. The van der Waals surface area contributed by atoms with Crippen molar-refractivity contribution in [3.63, 3.8) is 0 Å². The Morgan fingerprint density at radius 1 is 0.842 bits per heavy atom. The predicted octanol–water partition coefficient (Wildman–Crippen LogP) is 6.51. The highest BCUT2D eigenvalue weighted by molar-refractivity contribution is 6.74. The number of fused-ring (bicyclic) bond motifs is 1. The van der Waals surface area contributed by atoms with Gasteiger partial charge < -0.3 is 18.6 Å². The summed E-state index contributed by atoms with van der Waals surface area (Å²) in [6.07, 6.45) is -0.225. The van der Waals surface area contributed by atoms with Gasteiger partial charge in [-0.15, -0.1) is 0 Å². The van der Waals surface area contributed by atoms with Gasteiger partial charge in [0.15, 0.2) is 8.32 Å². The van der Waals surface area contributed by atoms with Crippen molar-refractivity contribution in [3.05, 3.63) is 71.8 Å². The molecule has 2 aliphatic rings. The Labute approximate surface area is 229 Å². The highest BCUT2D eigenvalue weighted by Crippen LogP contribution is 2.43. The smallest absolute Gasteiger partial charge is 0.410 e. The van der Waals surface area contributed by atoms with Gasteiger partial charge in [0.1, 0.15) is 6.61 Å². The molecule has 2 heterocycles. The molecule has 7 heteroatoms. The topological polar surface area (TPSA) is 57.2 Å². The van der Waals surface area contributed by atoms with Gasteiger partial charge in [0.2, 0.25) is 0 Å². The van der Waals surface area contributed by atoms with Crippen molar-refractivity contribution in [1.29, 1.82) is 0 Å². The van der Waals surface area contributed by atoms with E-state index >= 15 is 0 Å². The molecule has 0 aliphatic carbocycles. The molecule has 1 amide bonds. The summed E-state index contributed by atoms with van der Waals surface area (Å²) in [5.74, 6) is 0.377. The van der Waals surface area contributed by atoms with Gasteiger partial charge in [0.05, 0.1) is 32.5 Å². The average Bonchev–Trinajstić information content (AvgIpc) is 3.27. The van der Waals surface area contributed by atoms with Gasteiger partial charge in [-0.1, -0.05) is 81.4 Å². The summed E-state index contributed by atoms with van der Waals surface area (Å²) >= 11 is 0. The zero-order valence-electron chi connectivity index (χ0n) is 23.9. The number of carbonyl (C=O) groups excluding carboxylic acids is 1. The fraction of sp³-hybridized carbons (Fsp3) is 0.581. The van der Waals surface area contributed by atoms with Crippen LogP contribution in [0.15, 0.2) is 60.7 Å². The normalized spacial score (nSPS) is 25.8. The monoisotopic (exact) mass is 539 g/mol. The minimum Gasteiger partial charge on any atom is -0.447 e. The van der Waals surface area contributed by atoms with E-state index in [0.717, 1.165) is 11.1 Å². The van der Waals surface area contributed by atoms with Gasteiger partial charge in [-0.25, -0.2) is 4.79 Å². The third-order valence-electron chi connectivity index (χ3n) is 8.88. The first kappa shape index (κ1) is 28.8. The standard InChI is InChI=1S/C31H45NO5Si/c1-23-26(21-37-38(5,6)31(2,3)4)27(19-34-17-24-13-9-7-10-14-24)28(29-22-36-30(33)32(23)29)20-35-18-25-15-11-8-12-16-25/h7-16,23,26-29H,17-22H2,1-6H3/t23-,26+,27+,28+,29+/m1/s1. The van der Waals surface area contributed by atoms with E-state index in [1.54, 1.807) is 0 Å². The van der Waals surface area contributed by atoms with E-state index in [4.69, 9.17) is 18.6 Å². The van der Waals surface area contributed by atoms with Crippen LogP contribution in [0.5, 0.6) is 0 Å². The summed E-state index contributed by atoms with van der Waals surface area (Å²) in [5.41, 5.74) is 2.30. The van der Waals surface area contributed by atoms with Crippen LogP contribution in [0.2, 0.25) is 18.1 Å². The van der Waals surface area contributed by atoms with E-state index in [1.165, 1.54) is 0 Å². The number of cyclic esters (lactones) is 1. The molecule has 0 saturated carbocycles. The number of carbonyl (C=O) groups is 1. The number of amides is 1. The number of benzene rings is 2. The van der Waals surface area contributed by atoms with Crippen molar-refractivity contribution in [3.8, 4) is 0 Å². The van der Waals surface area contributed by atoms with Gasteiger partial charge >= 0.3 is 6.09 Å². The Hall–Kier alpha value is -2.19. The Balaban J connectivity index is 1.55. The van der Waals surface area contributed by atoms with E-state index in [-0.39, 0.29) is 41.0 Å². The summed E-state index contributed by atoms with van der Waals surface area (Å²) in [7, 11) is -1.98. The lowest BCUT2D eigenvalue weighted by molar-refractivity contribution is -0.0830. The van der Waals surface area contributed by atoms with Crippen molar-refractivity contribution in [1.82, 2.24) is 4.90 Å². The van der Waals surface area contributed by atoms with Gasteiger partial charge in [0.25, 0.3) is 0 Å². The van der Waals surface area contributed by atoms with Crippen LogP contribution >= 0.6 is 0 Å². The maximum absolute atomic E-state index is 12.9. The zero-order valence-corrected chi connectivity index (χ0v) is 24.9. The van der Waals surface area contributed by atoms with E-state index in [1.807, 2.05) is 41.3 Å². The summed E-state index contributed by atoms with van der Waals surface area (Å²) in [5, 5.41) is 0.109. The van der Waals surface area contributed by atoms with Gasteiger partial charge in [-0.2, -0.15) is 0 Å². The number of nitrogens with zero attached hydrogens (tertiary/aromatic N) is 1. The third-order valence-corrected chi connectivity index (χ3v) is 13.4. The molecule has 5 atom stereocenters. The summed E-state index contributed by atoms with van der Waals surface area (Å²) in [4.78, 5) is 14.8. The van der Waals surface area contributed by atoms with Crippen LogP contribution in [0.4, 0.5) is 4.79 Å². The Morgan fingerprint density at radius 3 is 1.89 bits per heavy atom. The Kier molecular flexibility index (Phi) is 9.34. The minimum absolute atomic E-state index is 0.00420. The highest BCUT2D eigenvalue weighted by Gasteiger charge is 2.53. The molecule has 0 aromatic heterocycles. The Morgan fingerprint density at radius 2 is 1.37 bits per heavy atom. The zero-order chi connectivity index (χ0) is 27.3. The fourth-order valence-electron chi connectivity index (χ4n) is 5.45. The molecule has 4 rings (SSSR count). The molecule has 2 aliphatic heterocycles. The number of piperidine rings is 1. The van der Waals surface area contributed by atoms with E-state index < -0.39 is 8.32 Å². The maximum atomic E-state index is 12.9. The van der Waals surface area contributed by atoms with Gasteiger partial charge in [0, 0.05) is 24.5 Å². The lowest BCUT2D eigenvalue weighted by Crippen LogP contribution is -2.60. The molecule has 0 radical (unpaired) electrons. The largest absolute Gasteiger partial charge is 0.447 e. The van der Waals surface area contributed by atoms with Crippen molar-refractivity contribution in [2.45, 2.75) is 71.1 Å². The van der Waals surface area contributed by atoms with Crippen molar-refractivity contribution in [2.24, 2.45) is 17.8 Å². The van der Waals surface area contributed by atoms with E-state index in [9.17, 15) is 4.79 Å². The average molecular weight is 540 g/mol. The molecular formula is C31H45NO5Si. The van der Waals surface area contributed by atoms with Crippen molar-refractivity contribution >= 4 is 14.4 Å². The summed E-state index contributed by atoms with van der Waals surface area (Å²) in [6, 6.07) is 20.5. The van der Waals surface area contributed by atoms with Gasteiger partial charge in [-0.3, -0.25) is 4.90 Å². The van der Waals surface area contributed by atoms with Crippen LogP contribution in [0.25, 0.3) is 0 Å². The van der Waals surface area contributed by atoms with Crippen LogP contribution < -0.4 is 0 Å². The molecule has 0 unspecified atom stereocenters. The van der Waals surface area contributed by atoms with Crippen LogP contribution in [-0.2, 0) is 31.9 Å². The number of ether oxygens (including phenoxy) is 3. The molecule has 0 spiro atoms. The quantitative estimate of drug-likeness (QED) is 0.305. The lowest BCUT2D eigenvalue weighted by Gasteiger charge is -2.50. The molecule has 0 N–H and O–H groups in total. The van der Waals surface area contributed by atoms with Gasteiger partial charge in [-0.05, 0) is 42.1 Å². The molecular weight excluding hydrogens is 494 g/mol. The van der Waals surface area contributed by atoms with Crippen molar-refractivity contribution in [2.75, 3.05) is 26.4 Å². The first-order valence-electron chi connectivity index (χ1n) is 13.9. The molecule has 2 aromatic rings. The lowest BCUT2D eigenvalue weighted by atomic mass is 9.71. The summed E-state index contributed by atoms with van der Waals surface area (Å²) < 4.78 is 25.0. The molecule has 2 aromatic carbocycles. The van der Waals surface area contributed by atoms with Crippen LogP contribution in [0.3, 0.4) is 0 Å². The van der Waals surface area contributed by atoms with Crippen LogP contribution in [0, 0.1) is 17.8 Å². The van der Waals surface area contributed by atoms with Crippen LogP contribution in [-0.4, -0.2) is 57.8 Å². The minimum atomic E-state index is -1.98. The molecule has 0 bridgehead atoms. The van der Waals surface area contributed by atoms with Crippen molar-refractivity contribution < 1.29 is 23.4 Å². The second kappa shape index (κ2) is 12.3. The summed E-state index contributed by atoms with van der Waals surface area (Å²) in [6.45, 7) is 16.7. The predicted molar refractivity (Wildman–Crippen MR) is 152 cm³/mol.